The fraction of sp³-hybridized carbons (Fsp3) is 0.400. The molecule has 0 unspecified atom stereocenters. The van der Waals surface area contributed by atoms with E-state index in [0.29, 0.717) is 33.6 Å². The number of halogens is 2. The van der Waals surface area contributed by atoms with E-state index in [9.17, 15) is 14.0 Å². The Kier molecular flexibility index (Phi) is 7.10. The molecule has 174 valence electrons. The van der Waals surface area contributed by atoms with E-state index in [0.717, 1.165) is 12.8 Å². The molecular weight excluding hydrogens is 461 g/mol. The maximum Gasteiger partial charge on any atom is 0.266 e. The number of hydrogen-bond donors (Lipinski definition) is 1. The second-order valence-electron chi connectivity index (χ2n) is 8.79. The zero-order valence-electron chi connectivity index (χ0n) is 18.8. The van der Waals surface area contributed by atoms with Crippen molar-refractivity contribution in [2.45, 2.75) is 56.5 Å². The van der Waals surface area contributed by atoms with Crippen LogP contribution in [-0.4, -0.2) is 26.8 Å². The van der Waals surface area contributed by atoms with E-state index in [4.69, 9.17) is 11.6 Å². The van der Waals surface area contributed by atoms with Gasteiger partial charge in [0.1, 0.15) is 5.82 Å². The minimum atomic E-state index is -0.569. The van der Waals surface area contributed by atoms with Crippen LogP contribution in [0.4, 0.5) is 4.39 Å². The zero-order chi connectivity index (χ0) is 23.7. The summed E-state index contributed by atoms with van der Waals surface area (Å²) < 4.78 is 15.2. The first-order valence-electron chi connectivity index (χ1n) is 11.2. The zero-order valence-corrected chi connectivity index (χ0v) is 20.4. The number of nitrogens with one attached hydrogen (secondary N) is 1. The summed E-state index contributed by atoms with van der Waals surface area (Å²) >= 11 is 7.20. The van der Waals surface area contributed by atoms with Crippen molar-refractivity contribution in [3.05, 3.63) is 63.7 Å². The average molecular weight is 488 g/mol. The number of aromatic nitrogens is 2. The van der Waals surface area contributed by atoms with Crippen LogP contribution in [0.2, 0.25) is 5.02 Å². The molecule has 1 fully saturated rings. The van der Waals surface area contributed by atoms with Gasteiger partial charge in [-0.15, -0.1) is 0 Å². The van der Waals surface area contributed by atoms with E-state index >= 15 is 0 Å². The summed E-state index contributed by atoms with van der Waals surface area (Å²) in [7, 11) is 0. The van der Waals surface area contributed by atoms with E-state index in [1.807, 2.05) is 6.07 Å². The Balaban J connectivity index is 1.68. The van der Waals surface area contributed by atoms with Crippen molar-refractivity contribution in [1.82, 2.24) is 14.9 Å². The molecule has 33 heavy (non-hydrogen) atoms. The van der Waals surface area contributed by atoms with Crippen LogP contribution in [0.3, 0.4) is 0 Å². The smallest absolute Gasteiger partial charge is 0.266 e. The van der Waals surface area contributed by atoms with Gasteiger partial charge in [-0.1, -0.05) is 62.2 Å². The summed E-state index contributed by atoms with van der Waals surface area (Å²) in [5.41, 5.74) is 0.638. The highest BCUT2D eigenvalue weighted by Gasteiger charge is 2.30. The molecule has 3 aromatic rings. The van der Waals surface area contributed by atoms with Gasteiger partial charge in [-0.05, 0) is 55.5 Å². The quantitative estimate of drug-likeness (QED) is 0.376. The summed E-state index contributed by atoms with van der Waals surface area (Å²) in [5, 5.41) is 3.42. The van der Waals surface area contributed by atoms with Gasteiger partial charge >= 0.3 is 0 Å². The van der Waals surface area contributed by atoms with Crippen molar-refractivity contribution in [2.24, 2.45) is 11.8 Å². The van der Waals surface area contributed by atoms with Gasteiger partial charge in [0.2, 0.25) is 5.91 Å². The van der Waals surface area contributed by atoms with Crippen molar-refractivity contribution < 1.29 is 9.18 Å². The molecule has 0 aliphatic heterocycles. The van der Waals surface area contributed by atoms with Crippen LogP contribution in [0.5, 0.6) is 0 Å². The normalized spacial score (nSPS) is 21.7. The Morgan fingerprint density at radius 2 is 2.00 bits per heavy atom. The van der Waals surface area contributed by atoms with E-state index < -0.39 is 11.1 Å². The van der Waals surface area contributed by atoms with Crippen molar-refractivity contribution in [3.63, 3.8) is 0 Å². The fourth-order valence-corrected chi connectivity index (χ4v) is 5.45. The summed E-state index contributed by atoms with van der Waals surface area (Å²) in [6, 6.07) is 11.3. The molecule has 4 rings (SSSR count). The number of benzene rings is 2. The SMILES string of the molecule is C[C@H]1[C@@H](C)CCC[C@H]1NC(=O)[C@H](C)Sc1nc2ccccc2c(=O)n1-c1ccc(F)c(Cl)c1. The molecule has 1 saturated carbocycles. The van der Waals surface area contributed by atoms with Crippen LogP contribution in [0, 0.1) is 17.7 Å². The van der Waals surface area contributed by atoms with Gasteiger partial charge in [0.15, 0.2) is 5.16 Å². The Bertz CT molecular complexity index is 1250. The molecule has 1 aliphatic carbocycles. The van der Waals surface area contributed by atoms with Crippen molar-refractivity contribution in [2.75, 3.05) is 0 Å². The molecule has 1 amide bonds. The van der Waals surface area contributed by atoms with Gasteiger partial charge in [0, 0.05) is 6.04 Å². The number of thioether (sulfide) groups is 1. The van der Waals surface area contributed by atoms with Gasteiger partial charge in [-0.3, -0.25) is 14.2 Å². The molecule has 8 heteroatoms. The third kappa shape index (κ3) is 4.94. The van der Waals surface area contributed by atoms with Crippen LogP contribution >= 0.6 is 23.4 Å². The van der Waals surface area contributed by atoms with E-state index in [2.05, 4.69) is 24.1 Å². The number of amides is 1. The molecule has 0 radical (unpaired) electrons. The highest BCUT2D eigenvalue weighted by molar-refractivity contribution is 8.00. The topological polar surface area (TPSA) is 64.0 Å². The predicted octanol–water partition coefficient (Wildman–Crippen LogP) is 5.60. The number of carbonyl (C=O) groups excluding carboxylic acids is 1. The van der Waals surface area contributed by atoms with Gasteiger partial charge in [0.05, 0.1) is 26.9 Å². The Hall–Kier alpha value is -2.38. The minimum Gasteiger partial charge on any atom is -0.352 e. The van der Waals surface area contributed by atoms with Crippen LogP contribution in [0.25, 0.3) is 16.6 Å². The Morgan fingerprint density at radius 1 is 1.24 bits per heavy atom. The third-order valence-electron chi connectivity index (χ3n) is 6.59. The van der Waals surface area contributed by atoms with Gasteiger partial charge < -0.3 is 5.32 Å². The molecule has 1 heterocycles. The molecule has 0 bridgehead atoms. The molecule has 0 spiro atoms. The lowest BCUT2D eigenvalue weighted by molar-refractivity contribution is -0.121. The van der Waals surface area contributed by atoms with E-state index in [-0.39, 0.29) is 22.5 Å². The van der Waals surface area contributed by atoms with Crippen molar-refractivity contribution in [3.8, 4) is 5.69 Å². The number of para-hydroxylation sites is 1. The largest absolute Gasteiger partial charge is 0.352 e. The fourth-order valence-electron chi connectivity index (χ4n) is 4.34. The van der Waals surface area contributed by atoms with Crippen molar-refractivity contribution in [1.29, 1.82) is 0 Å². The second-order valence-corrected chi connectivity index (χ2v) is 10.5. The molecule has 4 atom stereocenters. The maximum atomic E-state index is 13.8. The highest BCUT2D eigenvalue weighted by atomic mass is 35.5. The molecular formula is C25H27ClFN3O2S. The predicted molar refractivity (Wildman–Crippen MR) is 132 cm³/mol. The first-order valence-corrected chi connectivity index (χ1v) is 12.5. The number of carbonyl (C=O) groups is 1. The second kappa shape index (κ2) is 9.85. The molecule has 5 nitrogen and oxygen atoms in total. The maximum absolute atomic E-state index is 13.8. The lowest BCUT2D eigenvalue weighted by Gasteiger charge is -2.35. The van der Waals surface area contributed by atoms with Crippen LogP contribution < -0.4 is 10.9 Å². The molecule has 1 aliphatic rings. The van der Waals surface area contributed by atoms with Crippen LogP contribution in [0.15, 0.2) is 52.4 Å². The van der Waals surface area contributed by atoms with Crippen LogP contribution in [-0.2, 0) is 4.79 Å². The lowest BCUT2D eigenvalue weighted by Crippen LogP contribution is -2.46. The van der Waals surface area contributed by atoms with Gasteiger partial charge in [-0.25, -0.2) is 9.37 Å². The summed E-state index contributed by atoms with van der Waals surface area (Å²) in [4.78, 5) is 31.1. The third-order valence-corrected chi connectivity index (χ3v) is 7.93. The van der Waals surface area contributed by atoms with Crippen LogP contribution in [0.1, 0.15) is 40.0 Å². The molecule has 1 N–H and O–H groups in total. The summed E-state index contributed by atoms with van der Waals surface area (Å²) in [6.07, 6.45) is 3.27. The van der Waals surface area contributed by atoms with Gasteiger partial charge in [0.25, 0.3) is 5.56 Å². The number of nitrogens with zero attached hydrogens (tertiary/aromatic N) is 2. The molecule has 0 saturated heterocycles. The standard InChI is InChI=1S/C25H27ClFN3O2S/c1-14-7-6-10-21(15(14)2)28-23(31)16(3)33-25-29-22-9-5-4-8-18(22)24(32)30(25)17-11-12-20(27)19(26)13-17/h4-5,8-9,11-16,21H,6-7,10H2,1-3H3,(H,28,31)/t14-,15-,16-,21+/m0/s1. The number of hydrogen-bond acceptors (Lipinski definition) is 4. The first-order chi connectivity index (χ1) is 15.8. The first kappa shape index (κ1) is 23.8. The van der Waals surface area contributed by atoms with Crippen molar-refractivity contribution >= 4 is 40.2 Å². The summed E-state index contributed by atoms with van der Waals surface area (Å²) in [6.45, 7) is 6.22. The number of rotatable bonds is 5. The summed E-state index contributed by atoms with van der Waals surface area (Å²) in [5.74, 6) is 0.331. The monoisotopic (exact) mass is 487 g/mol. The van der Waals surface area contributed by atoms with E-state index in [1.165, 1.54) is 40.9 Å². The lowest BCUT2D eigenvalue weighted by atomic mass is 9.78. The minimum absolute atomic E-state index is 0.0861. The molecule has 1 aromatic heterocycles. The van der Waals surface area contributed by atoms with E-state index in [1.54, 1.807) is 25.1 Å². The Morgan fingerprint density at radius 3 is 2.76 bits per heavy atom. The Labute approximate surface area is 201 Å². The van der Waals surface area contributed by atoms with Gasteiger partial charge in [-0.2, -0.15) is 0 Å². The highest BCUT2D eigenvalue weighted by Crippen LogP contribution is 2.31. The molecule has 2 aromatic carbocycles. The average Bonchev–Trinajstić information content (AvgIpc) is 2.79. The number of fused-ring (bicyclic) bond motifs is 1.